The fraction of sp³-hybridized carbons (Fsp3) is 0.190. The van der Waals surface area contributed by atoms with Crippen LogP contribution in [0.1, 0.15) is 28.0 Å². The van der Waals surface area contributed by atoms with E-state index in [0.29, 0.717) is 30.9 Å². The Hall–Kier alpha value is -3.19. The molecule has 7 heteroatoms. The summed E-state index contributed by atoms with van der Waals surface area (Å²) in [7, 11) is 0. The predicted molar refractivity (Wildman–Crippen MR) is 110 cm³/mol. The highest BCUT2D eigenvalue weighted by molar-refractivity contribution is 7.14. The maximum Gasteiger partial charge on any atom is 0.270 e. The van der Waals surface area contributed by atoms with Crippen molar-refractivity contribution >= 4 is 28.3 Å². The zero-order valence-electron chi connectivity index (χ0n) is 15.2. The maximum absolute atomic E-state index is 12.2. The molecular formula is C21H21N3O3S. The predicted octanol–water partition coefficient (Wildman–Crippen LogP) is 3.39. The molecule has 0 saturated heterocycles. The van der Waals surface area contributed by atoms with Gasteiger partial charge in [0.1, 0.15) is 11.4 Å². The van der Waals surface area contributed by atoms with Crippen LogP contribution in [0.4, 0.5) is 5.13 Å². The van der Waals surface area contributed by atoms with Gasteiger partial charge in [-0.05, 0) is 36.1 Å². The number of amides is 2. The number of hydrogen-bond acceptors (Lipinski definition) is 5. The smallest absolute Gasteiger partial charge is 0.270 e. The summed E-state index contributed by atoms with van der Waals surface area (Å²) in [6.45, 7) is 0.458. The van der Waals surface area contributed by atoms with Gasteiger partial charge in [-0.15, -0.1) is 11.3 Å². The molecule has 28 heavy (non-hydrogen) atoms. The van der Waals surface area contributed by atoms with Crippen LogP contribution in [0.3, 0.4) is 0 Å². The fourth-order valence-electron chi connectivity index (χ4n) is 2.59. The molecule has 1 heterocycles. The molecule has 0 aliphatic carbocycles. The summed E-state index contributed by atoms with van der Waals surface area (Å²) in [5.41, 5.74) is 2.40. The van der Waals surface area contributed by atoms with E-state index in [0.717, 1.165) is 11.1 Å². The number of carbonyl (C=O) groups excluding carboxylic acids is 2. The van der Waals surface area contributed by atoms with Gasteiger partial charge in [0.25, 0.3) is 5.91 Å². The first-order valence-electron chi connectivity index (χ1n) is 8.95. The molecule has 3 aromatic rings. The molecule has 0 bridgehead atoms. The number of aromatic hydroxyl groups is 1. The monoisotopic (exact) mass is 395 g/mol. The van der Waals surface area contributed by atoms with Crippen LogP contribution in [-0.4, -0.2) is 28.4 Å². The number of carbonyl (C=O) groups is 2. The minimum Gasteiger partial charge on any atom is -0.508 e. The van der Waals surface area contributed by atoms with Crippen molar-refractivity contribution in [2.45, 2.75) is 19.3 Å². The largest absolute Gasteiger partial charge is 0.508 e. The van der Waals surface area contributed by atoms with Gasteiger partial charge < -0.3 is 15.7 Å². The second-order valence-corrected chi connectivity index (χ2v) is 7.10. The van der Waals surface area contributed by atoms with E-state index in [4.69, 9.17) is 0 Å². The van der Waals surface area contributed by atoms with Gasteiger partial charge in [-0.1, -0.05) is 42.5 Å². The van der Waals surface area contributed by atoms with Gasteiger partial charge >= 0.3 is 0 Å². The molecule has 0 aliphatic rings. The quantitative estimate of drug-likeness (QED) is 0.545. The van der Waals surface area contributed by atoms with E-state index in [1.165, 1.54) is 11.3 Å². The highest BCUT2D eigenvalue weighted by Crippen LogP contribution is 2.16. The van der Waals surface area contributed by atoms with E-state index in [9.17, 15) is 14.7 Å². The molecule has 0 atom stereocenters. The van der Waals surface area contributed by atoms with Gasteiger partial charge in [0.2, 0.25) is 5.91 Å². The topological polar surface area (TPSA) is 91.3 Å². The summed E-state index contributed by atoms with van der Waals surface area (Å²) in [6, 6.07) is 16.7. The van der Waals surface area contributed by atoms with E-state index >= 15 is 0 Å². The molecule has 0 fully saturated rings. The van der Waals surface area contributed by atoms with E-state index in [2.05, 4.69) is 15.6 Å². The molecule has 0 unspecified atom stereocenters. The standard InChI is InChI=1S/C21H21N3O3S/c25-17-9-6-16(7-10-17)12-13-22-20(27)18-14-28-21(23-18)24-19(26)11-8-15-4-2-1-3-5-15/h1-7,9-10,14,25H,8,11-13H2,(H,22,27)(H,23,24,26). The van der Waals surface area contributed by atoms with Crippen molar-refractivity contribution in [2.24, 2.45) is 0 Å². The van der Waals surface area contributed by atoms with Gasteiger partial charge in [0.05, 0.1) is 0 Å². The highest BCUT2D eigenvalue weighted by Gasteiger charge is 2.12. The molecule has 3 rings (SSSR count). The summed E-state index contributed by atoms with van der Waals surface area (Å²) < 4.78 is 0. The molecule has 0 saturated carbocycles. The second-order valence-electron chi connectivity index (χ2n) is 6.24. The Labute approximate surface area is 167 Å². The summed E-state index contributed by atoms with van der Waals surface area (Å²) in [4.78, 5) is 28.4. The lowest BCUT2D eigenvalue weighted by molar-refractivity contribution is -0.116. The molecule has 0 radical (unpaired) electrons. The number of aryl methyl sites for hydroxylation is 1. The number of anilines is 1. The van der Waals surface area contributed by atoms with Crippen molar-refractivity contribution in [2.75, 3.05) is 11.9 Å². The minimum absolute atomic E-state index is 0.127. The van der Waals surface area contributed by atoms with Crippen LogP contribution in [0.2, 0.25) is 0 Å². The van der Waals surface area contributed by atoms with Crippen LogP contribution in [0.5, 0.6) is 5.75 Å². The van der Waals surface area contributed by atoms with Crippen molar-refractivity contribution in [1.82, 2.24) is 10.3 Å². The number of phenolic OH excluding ortho intramolecular Hbond substituents is 1. The number of nitrogens with zero attached hydrogens (tertiary/aromatic N) is 1. The molecule has 1 aromatic heterocycles. The lowest BCUT2D eigenvalue weighted by Crippen LogP contribution is -2.26. The first kappa shape index (κ1) is 19.6. The number of thiazole rings is 1. The van der Waals surface area contributed by atoms with Crippen LogP contribution >= 0.6 is 11.3 Å². The Bertz CT molecular complexity index is 924. The first-order valence-corrected chi connectivity index (χ1v) is 9.83. The number of benzene rings is 2. The molecule has 0 spiro atoms. The average molecular weight is 395 g/mol. The van der Waals surface area contributed by atoms with Crippen LogP contribution in [0.15, 0.2) is 60.0 Å². The summed E-state index contributed by atoms with van der Waals surface area (Å²) in [5, 5.41) is 16.9. The summed E-state index contributed by atoms with van der Waals surface area (Å²) in [6.07, 6.45) is 1.67. The van der Waals surface area contributed by atoms with Crippen molar-refractivity contribution in [3.63, 3.8) is 0 Å². The van der Waals surface area contributed by atoms with Crippen LogP contribution in [0.25, 0.3) is 0 Å². The van der Waals surface area contributed by atoms with Crippen LogP contribution in [-0.2, 0) is 17.6 Å². The van der Waals surface area contributed by atoms with Gasteiger partial charge in [0.15, 0.2) is 5.13 Å². The molecule has 3 N–H and O–H groups in total. The maximum atomic E-state index is 12.2. The molecule has 6 nitrogen and oxygen atoms in total. The summed E-state index contributed by atoms with van der Waals surface area (Å²) >= 11 is 1.23. The van der Waals surface area contributed by atoms with E-state index in [1.807, 2.05) is 42.5 Å². The highest BCUT2D eigenvalue weighted by atomic mass is 32.1. The SMILES string of the molecule is O=C(CCc1ccccc1)Nc1nc(C(=O)NCCc2ccc(O)cc2)cs1. The number of hydrogen-bond donors (Lipinski definition) is 3. The van der Waals surface area contributed by atoms with Crippen molar-refractivity contribution in [3.05, 3.63) is 76.8 Å². The zero-order chi connectivity index (χ0) is 19.8. The normalized spacial score (nSPS) is 10.4. The second kappa shape index (κ2) is 9.66. The zero-order valence-corrected chi connectivity index (χ0v) is 16.0. The van der Waals surface area contributed by atoms with Gasteiger partial charge in [-0.25, -0.2) is 4.98 Å². The Morgan fingerprint density at radius 2 is 1.68 bits per heavy atom. The van der Waals surface area contributed by atoms with Crippen molar-refractivity contribution in [1.29, 1.82) is 0 Å². The number of aromatic nitrogens is 1. The number of nitrogens with one attached hydrogen (secondary N) is 2. The number of phenols is 1. The Kier molecular flexibility index (Phi) is 6.75. The van der Waals surface area contributed by atoms with E-state index in [-0.39, 0.29) is 23.3 Å². The first-order chi connectivity index (χ1) is 13.6. The van der Waals surface area contributed by atoms with Gasteiger partial charge in [0, 0.05) is 18.3 Å². The third kappa shape index (κ3) is 5.92. The third-order valence-corrected chi connectivity index (χ3v) is 4.86. The van der Waals surface area contributed by atoms with Crippen LogP contribution < -0.4 is 10.6 Å². The van der Waals surface area contributed by atoms with Crippen molar-refractivity contribution in [3.8, 4) is 5.75 Å². The molecule has 144 valence electrons. The molecule has 2 aromatic carbocycles. The molecular weight excluding hydrogens is 374 g/mol. The van der Waals surface area contributed by atoms with E-state index in [1.54, 1.807) is 17.5 Å². The Morgan fingerprint density at radius 1 is 0.964 bits per heavy atom. The van der Waals surface area contributed by atoms with E-state index < -0.39 is 0 Å². The molecule has 0 aliphatic heterocycles. The Morgan fingerprint density at radius 3 is 2.43 bits per heavy atom. The number of rotatable bonds is 8. The van der Waals surface area contributed by atoms with Gasteiger partial charge in [-0.3, -0.25) is 9.59 Å². The van der Waals surface area contributed by atoms with Crippen molar-refractivity contribution < 1.29 is 14.7 Å². The average Bonchev–Trinajstić information content (AvgIpc) is 3.17. The summed E-state index contributed by atoms with van der Waals surface area (Å²) in [5.74, 6) is -0.189. The Balaban J connectivity index is 1.43. The fourth-order valence-corrected chi connectivity index (χ4v) is 3.30. The third-order valence-electron chi connectivity index (χ3n) is 4.10. The lowest BCUT2D eigenvalue weighted by atomic mass is 10.1. The molecule has 2 amide bonds. The van der Waals surface area contributed by atoms with Crippen LogP contribution in [0, 0.1) is 0 Å². The van der Waals surface area contributed by atoms with Gasteiger partial charge in [-0.2, -0.15) is 0 Å². The lowest BCUT2D eigenvalue weighted by Gasteiger charge is -2.04. The minimum atomic E-state index is -0.278.